The number of allylic oxidation sites excluding steroid dienone is 1. The molecule has 0 aromatic heterocycles. The molecule has 0 aliphatic heterocycles. The first-order valence-corrected chi connectivity index (χ1v) is 3.86. The van der Waals surface area contributed by atoms with Crippen LogP contribution in [-0.4, -0.2) is 18.3 Å². The van der Waals surface area contributed by atoms with Crippen LogP contribution in [0.5, 0.6) is 0 Å². The fourth-order valence-corrected chi connectivity index (χ4v) is 0.909. The van der Waals surface area contributed by atoms with Gasteiger partial charge in [-0.1, -0.05) is 13.8 Å². The van der Waals surface area contributed by atoms with Gasteiger partial charge in [0.15, 0.2) is 0 Å². The second-order valence-corrected chi connectivity index (χ2v) is 2.89. The molecular weight excluding hydrogens is 180 g/mol. The first-order chi connectivity index (χ1) is 5.49. The number of carbonyl (C=O) groups excluding carboxylic acids is 2. The van der Waals surface area contributed by atoms with Crippen LogP contribution in [0.15, 0.2) is 11.6 Å². The summed E-state index contributed by atoms with van der Waals surface area (Å²) in [6.45, 7) is 3.55. The number of hydrogen-bond acceptors (Lipinski definition) is 3. The van der Waals surface area contributed by atoms with Crippen molar-refractivity contribution in [3.05, 3.63) is 11.6 Å². The summed E-state index contributed by atoms with van der Waals surface area (Å²) < 4.78 is 4.35. The van der Waals surface area contributed by atoms with Gasteiger partial charge in [-0.2, -0.15) is 0 Å². The van der Waals surface area contributed by atoms with E-state index in [-0.39, 0.29) is 11.5 Å². The molecule has 0 radical (unpaired) electrons. The van der Waals surface area contributed by atoms with E-state index in [2.05, 4.69) is 4.74 Å². The Balaban J connectivity index is 4.61. The molecule has 0 aromatic rings. The minimum Gasteiger partial charge on any atom is -0.466 e. The molecule has 0 unspecified atom stereocenters. The van der Waals surface area contributed by atoms with E-state index in [1.807, 2.05) is 0 Å². The lowest BCUT2D eigenvalue weighted by Crippen LogP contribution is -2.06. The van der Waals surface area contributed by atoms with Crippen molar-refractivity contribution < 1.29 is 14.3 Å². The highest BCUT2D eigenvalue weighted by atomic mass is 35.5. The molecule has 12 heavy (non-hydrogen) atoms. The molecule has 0 rings (SSSR count). The lowest BCUT2D eigenvalue weighted by atomic mass is 10.0. The van der Waals surface area contributed by atoms with Crippen molar-refractivity contribution in [3.8, 4) is 0 Å². The standard InChI is InChI=1S/C8H11ClO3/c1-5(2)6(8(9)11)4-7(10)12-3/h4-5H,1-3H3. The largest absolute Gasteiger partial charge is 0.466 e. The molecule has 0 atom stereocenters. The molecule has 0 saturated heterocycles. The summed E-state index contributed by atoms with van der Waals surface area (Å²) >= 11 is 5.22. The van der Waals surface area contributed by atoms with Gasteiger partial charge in [-0.05, 0) is 17.5 Å². The van der Waals surface area contributed by atoms with Crippen molar-refractivity contribution >= 4 is 22.8 Å². The second kappa shape index (κ2) is 4.93. The monoisotopic (exact) mass is 190 g/mol. The summed E-state index contributed by atoms with van der Waals surface area (Å²) in [6.07, 6.45) is 1.11. The predicted octanol–water partition coefficient (Wildman–Crippen LogP) is 1.51. The quantitative estimate of drug-likeness (QED) is 0.385. The van der Waals surface area contributed by atoms with Gasteiger partial charge < -0.3 is 4.74 Å². The van der Waals surface area contributed by atoms with Gasteiger partial charge >= 0.3 is 5.97 Å². The van der Waals surface area contributed by atoms with Crippen molar-refractivity contribution in [3.63, 3.8) is 0 Å². The van der Waals surface area contributed by atoms with Gasteiger partial charge in [0.1, 0.15) is 0 Å². The lowest BCUT2D eigenvalue weighted by Gasteiger charge is -2.04. The zero-order valence-corrected chi connectivity index (χ0v) is 8.01. The third-order valence-electron chi connectivity index (χ3n) is 1.32. The smallest absolute Gasteiger partial charge is 0.330 e. The molecule has 0 heterocycles. The first kappa shape index (κ1) is 11.2. The van der Waals surface area contributed by atoms with E-state index in [0.717, 1.165) is 6.08 Å². The van der Waals surface area contributed by atoms with Crippen molar-refractivity contribution in [2.45, 2.75) is 13.8 Å². The van der Waals surface area contributed by atoms with Crippen LogP contribution < -0.4 is 0 Å². The molecule has 3 nitrogen and oxygen atoms in total. The molecule has 0 spiro atoms. The fourth-order valence-electron chi connectivity index (χ4n) is 0.636. The van der Waals surface area contributed by atoms with Gasteiger partial charge in [0.2, 0.25) is 5.24 Å². The molecule has 0 saturated carbocycles. The minimum atomic E-state index is -0.615. The number of rotatable bonds is 3. The molecule has 0 aromatic carbocycles. The van der Waals surface area contributed by atoms with Crippen LogP contribution >= 0.6 is 11.6 Å². The normalized spacial score (nSPS) is 11.6. The summed E-state index contributed by atoms with van der Waals surface area (Å²) in [7, 11) is 1.25. The molecule has 4 heteroatoms. The molecule has 0 bridgehead atoms. The van der Waals surface area contributed by atoms with Crippen LogP contribution in [0.25, 0.3) is 0 Å². The summed E-state index contributed by atoms with van der Waals surface area (Å²) in [6, 6.07) is 0. The second-order valence-electron chi connectivity index (χ2n) is 2.55. The van der Waals surface area contributed by atoms with E-state index in [0.29, 0.717) is 0 Å². The van der Waals surface area contributed by atoms with Gasteiger partial charge in [0.05, 0.1) is 7.11 Å². The molecule has 0 aliphatic carbocycles. The Morgan fingerprint density at radius 3 is 2.17 bits per heavy atom. The molecule has 0 amide bonds. The lowest BCUT2D eigenvalue weighted by molar-refractivity contribution is -0.135. The number of methoxy groups -OCH3 is 1. The Kier molecular flexibility index (Phi) is 4.59. The Bertz CT molecular complexity index is 218. The highest BCUT2D eigenvalue weighted by Gasteiger charge is 2.12. The van der Waals surface area contributed by atoms with Crippen LogP contribution in [0.2, 0.25) is 0 Å². The van der Waals surface area contributed by atoms with Crippen LogP contribution in [0.3, 0.4) is 0 Å². The Labute approximate surface area is 76.3 Å². The van der Waals surface area contributed by atoms with Gasteiger partial charge in [-0.25, -0.2) is 4.79 Å². The molecule has 0 aliphatic rings. The van der Waals surface area contributed by atoms with Crippen LogP contribution in [0.1, 0.15) is 13.8 Å². The molecule has 0 fully saturated rings. The molecule has 0 N–H and O–H groups in total. The molecular formula is C8H11ClO3. The maximum absolute atomic E-state index is 10.7. The molecule has 68 valence electrons. The maximum atomic E-state index is 10.7. The van der Waals surface area contributed by atoms with E-state index < -0.39 is 11.2 Å². The van der Waals surface area contributed by atoms with E-state index >= 15 is 0 Å². The summed E-state index contributed by atoms with van der Waals surface area (Å²) in [5.74, 6) is -0.637. The topological polar surface area (TPSA) is 43.4 Å². The zero-order valence-electron chi connectivity index (χ0n) is 7.26. The third kappa shape index (κ3) is 3.53. The zero-order chi connectivity index (χ0) is 9.72. The third-order valence-corrected chi connectivity index (χ3v) is 1.54. The summed E-state index contributed by atoms with van der Waals surface area (Å²) in [4.78, 5) is 21.4. The Morgan fingerprint density at radius 2 is 1.92 bits per heavy atom. The number of esters is 1. The Morgan fingerprint density at radius 1 is 1.42 bits per heavy atom. The number of ether oxygens (including phenoxy) is 1. The maximum Gasteiger partial charge on any atom is 0.330 e. The Hall–Kier alpha value is -0.830. The van der Waals surface area contributed by atoms with Crippen molar-refractivity contribution in [2.24, 2.45) is 5.92 Å². The van der Waals surface area contributed by atoms with Crippen LogP contribution in [-0.2, 0) is 14.3 Å². The first-order valence-electron chi connectivity index (χ1n) is 3.48. The summed E-state index contributed by atoms with van der Waals surface area (Å²) in [5, 5.41) is -0.615. The average molecular weight is 191 g/mol. The van der Waals surface area contributed by atoms with E-state index in [1.54, 1.807) is 13.8 Å². The van der Waals surface area contributed by atoms with Crippen molar-refractivity contribution in [1.82, 2.24) is 0 Å². The number of hydrogen-bond donors (Lipinski definition) is 0. The highest BCUT2D eigenvalue weighted by Crippen LogP contribution is 2.12. The van der Waals surface area contributed by atoms with Gasteiger partial charge in [0, 0.05) is 11.6 Å². The SMILES string of the molecule is COC(=O)C=C(C(=O)Cl)C(C)C. The van der Waals surface area contributed by atoms with Gasteiger partial charge in [-0.15, -0.1) is 0 Å². The average Bonchev–Trinajstić information content (AvgIpc) is 1.98. The number of halogens is 1. The van der Waals surface area contributed by atoms with Crippen molar-refractivity contribution in [2.75, 3.05) is 7.11 Å². The van der Waals surface area contributed by atoms with Crippen molar-refractivity contribution in [1.29, 1.82) is 0 Å². The fraction of sp³-hybridized carbons (Fsp3) is 0.500. The van der Waals surface area contributed by atoms with Gasteiger partial charge in [-0.3, -0.25) is 4.79 Å². The van der Waals surface area contributed by atoms with Gasteiger partial charge in [0.25, 0.3) is 0 Å². The van der Waals surface area contributed by atoms with Crippen LogP contribution in [0, 0.1) is 5.92 Å². The van der Waals surface area contributed by atoms with E-state index in [4.69, 9.17) is 11.6 Å². The highest BCUT2D eigenvalue weighted by molar-refractivity contribution is 6.67. The summed E-state index contributed by atoms with van der Waals surface area (Å²) in [5.41, 5.74) is 0.267. The minimum absolute atomic E-state index is 0.0749. The number of carbonyl (C=O) groups is 2. The van der Waals surface area contributed by atoms with E-state index in [9.17, 15) is 9.59 Å². The van der Waals surface area contributed by atoms with Crippen LogP contribution in [0.4, 0.5) is 0 Å². The van der Waals surface area contributed by atoms with E-state index in [1.165, 1.54) is 7.11 Å². The predicted molar refractivity (Wildman–Crippen MR) is 45.8 cm³/mol.